The van der Waals surface area contributed by atoms with Gasteiger partial charge in [-0.3, -0.25) is 10.1 Å². The monoisotopic (exact) mass is 307 g/mol. The predicted octanol–water partition coefficient (Wildman–Crippen LogP) is 2.80. The average molecular weight is 307 g/mol. The van der Waals surface area contributed by atoms with E-state index in [4.69, 9.17) is 4.74 Å². The van der Waals surface area contributed by atoms with Crippen LogP contribution in [0.1, 0.15) is 31.2 Å². The van der Waals surface area contributed by atoms with Gasteiger partial charge in [-0.1, -0.05) is 24.1 Å². The number of rotatable bonds is 3. The minimum Gasteiger partial charge on any atom is -0.488 e. The van der Waals surface area contributed by atoms with Crippen molar-refractivity contribution in [3.63, 3.8) is 0 Å². The highest BCUT2D eigenvalue weighted by molar-refractivity contribution is 8.01. The maximum atomic E-state index is 11.2. The molecule has 3 unspecified atom stereocenters. The predicted molar refractivity (Wildman–Crippen MR) is 83.8 cm³/mol. The summed E-state index contributed by atoms with van der Waals surface area (Å²) in [5.74, 6) is 0.718. The first kappa shape index (κ1) is 14.7. The van der Waals surface area contributed by atoms with E-state index in [1.165, 1.54) is 5.56 Å². The summed E-state index contributed by atoms with van der Waals surface area (Å²) in [6, 6.07) is 7.61. The van der Waals surface area contributed by atoms with E-state index in [1.807, 2.05) is 24.3 Å². The fraction of sp³-hybridized carbons (Fsp3) is 0.562. The van der Waals surface area contributed by atoms with Crippen LogP contribution < -0.4 is 10.1 Å². The second kappa shape index (κ2) is 5.89. The van der Waals surface area contributed by atoms with E-state index < -0.39 is 12.0 Å². The highest BCUT2D eigenvalue weighted by Crippen LogP contribution is 2.44. The molecule has 21 heavy (non-hydrogen) atoms. The second-order valence-corrected chi connectivity index (χ2v) is 7.25. The minimum absolute atomic E-state index is 0.0308. The van der Waals surface area contributed by atoms with Gasteiger partial charge in [0.05, 0.1) is 0 Å². The zero-order valence-electron chi connectivity index (χ0n) is 12.2. The molecule has 2 aliphatic rings. The number of aliphatic carboxylic acids is 1. The summed E-state index contributed by atoms with van der Waals surface area (Å²) in [7, 11) is 0. The van der Waals surface area contributed by atoms with Gasteiger partial charge in [-0.15, -0.1) is 11.8 Å². The number of thioether (sulfide) groups is 1. The third-order valence-electron chi connectivity index (χ3n) is 4.31. The fourth-order valence-electron chi connectivity index (χ4n) is 3.12. The van der Waals surface area contributed by atoms with Crippen LogP contribution in [0.2, 0.25) is 0 Å². The SMILES string of the molecule is Cc1ccc(OC2CCCCC23NC(C(=O)O)CS3)cc1. The standard InChI is InChI=1S/C16H21NO3S/c1-11-5-7-12(8-6-11)20-14-4-2-3-9-16(14)17-13(10-21-16)15(18)19/h5-8,13-14,17H,2-4,9-10H2,1H3,(H,18,19). The first-order valence-electron chi connectivity index (χ1n) is 7.47. The van der Waals surface area contributed by atoms with Crippen LogP contribution in [0.5, 0.6) is 5.75 Å². The quantitative estimate of drug-likeness (QED) is 0.899. The summed E-state index contributed by atoms with van der Waals surface area (Å²) in [6.45, 7) is 2.05. The number of carbonyl (C=O) groups is 1. The Morgan fingerprint density at radius 3 is 2.81 bits per heavy atom. The molecule has 5 heteroatoms. The molecule has 1 aromatic carbocycles. The zero-order chi connectivity index (χ0) is 14.9. The van der Waals surface area contributed by atoms with Gasteiger partial charge in [0, 0.05) is 5.75 Å². The van der Waals surface area contributed by atoms with Crippen LogP contribution >= 0.6 is 11.8 Å². The molecule has 1 saturated heterocycles. The van der Waals surface area contributed by atoms with Gasteiger partial charge in [0.1, 0.15) is 22.8 Å². The van der Waals surface area contributed by atoms with Crippen LogP contribution in [0.4, 0.5) is 0 Å². The van der Waals surface area contributed by atoms with Crippen molar-refractivity contribution in [2.75, 3.05) is 5.75 Å². The van der Waals surface area contributed by atoms with Crippen molar-refractivity contribution < 1.29 is 14.6 Å². The van der Waals surface area contributed by atoms with Crippen LogP contribution in [-0.4, -0.2) is 33.8 Å². The Hall–Kier alpha value is -1.20. The number of hydrogen-bond acceptors (Lipinski definition) is 4. The van der Waals surface area contributed by atoms with Crippen LogP contribution in [0.15, 0.2) is 24.3 Å². The van der Waals surface area contributed by atoms with E-state index >= 15 is 0 Å². The molecule has 4 nitrogen and oxygen atoms in total. The molecule has 0 aromatic heterocycles. The second-order valence-electron chi connectivity index (χ2n) is 5.90. The zero-order valence-corrected chi connectivity index (χ0v) is 13.0. The molecule has 2 fully saturated rings. The Morgan fingerprint density at radius 2 is 2.14 bits per heavy atom. The molecule has 3 atom stereocenters. The molecular weight excluding hydrogens is 286 g/mol. The van der Waals surface area contributed by atoms with Crippen molar-refractivity contribution >= 4 is 17.7 Å². The lowest BCUT2D eigenvalue weighted by atomic mass is 9.91. The molecule has 1 aliphatic carbocycles. The average Bonchev–Trinajstić information content (AvgIpc) is 2.89. The Morgan fingerprint density at radius 1 is 1.38 bits per heavy atom. The molecule has 1 heterocycles. The Balaban J connectivity index is 1.76. The van der Waals surface area contributed by atoms with E-state index in [1.54, 1.807) is 11.8 Å². The Labute approximate surface area is 129 Å². The molecular formula is C16H21NO3S. The van der Waals surface area contributed by atoms with Gasteiger partial charge >= 0.3 is 5.97 Å². The number of carboxylic acids is 1. The van der Waals surface area contributed by atoms with E-state index in [2.05, 4.69) is 12.2 Å². The summed E-state index contributed by atoms with van der Waals surface area (Å²) in [5.41, 5.74) is 1.21. The Bertz CT molecular complexity index is 519. The van der Waals surface area contributed by atoms with Crippen molar-refractivity contribution in [3.05, 3.63) is 29.8 Å². The van der Waals surface area contributed by atoms with Crippen molar-refractivity contribution in [2.45, 2.75) is 49.6 Å². The van der Waals surface area contributed by atoms with Gasteiger partial charge in [-0.2, -0.15) is 0 Å². The lowest BCUT2D eigenvalue weighted by molar-refractivity contribution is -0.139. The first-order valence-corrected chi connectivity index (χ1v) is 8.45. The maximum Gasteiger partial charge on any atom is 0.321 e. The summed E-state index contributed by atoms with van der Waals surface area (Å²) in [4.78, 5) is 11.0. The molecule has 1 spiro atoms. The van der Waals surface area contributed by atoms with Crippen LogP contribution in [0, 0.1) is 6.92 Å². The van der Waals surface area contributed by atoms with Crippen molar-refractivity contribution in [1.29, 1.82) is 0 Å². The van der Waals surface area contributed by atoms with Crippen molar-refractivity contribution in [2.24, 2.45) is 0 Å². The summed E-state index contributed by atoms with van der Waals surface area (Å²) in [6.07, 6.45) is 4.24. The normalized spacial score (nSPS) is 32.2. The third-order valence-corrected chi connectivity index (χ3v) is 5.91. The maximum absolute atomic E-state index is 11.2. The largest absolute Gasteiger partial charge is 0.488 e. The van der Waals surface area contributed by atoms with Crippen molar-refractivity contribution in [3.8, 4) is 5.75 Å². The van der Waals surface area contributed by atoms with Gasteiger partial charge in [-0.25, -0.2) is 0 Å². The molecule has 1 aromatic rings. The van der Waals surface area contributed by atoms with Gasteiger partial charge in [0.15, 0.2) is 0 Å². The summed E-state index contributed by atoms with van der Waals surface area (Å²) >= 11 is 1.72. The van der Waals surface area contributed by atoms with E-state index in [-0.39, 0.29) is 11.0 Å². The lowest BCUT2D eigenvalue weighted by Crippen LogP contribution is -2.56. The number of benzene rings is 1. The van der Waals surface area contributed by atoms with Crippen molar-refractivity contribution in [1.82, 2.24) is 5.32 Å². The van der Waals surface area contributed by atoms with Crippen LogP contribution in [0.3, 0.4) is 0 Å². The molecule has 0 bridgehead atoms. The molecule has 0 radical (unpaired) electrons. The summed E-state index contributed by atoms with van der Waals surface area (Å²) in [5, 5.41) is 12.5. The van der Waals surface area contributed by atoms with Crippen LogP contribution in [0.25, 0.3) is 0 Å². The highest BCUT2D eigenvalue weighted by atomic mass is 32.2. The molecule has 2 N–H and O–H groups in total. The number of ether oxygens (including phenoxy) is 1. The van der Waals surface area contributed by atoms with E-state index in [9.17, 15) is 9.90 Å². The van der Waals surface area contributed by atoms with Gasteiger partial charge < -0.3 is 9.84 Å². The van der Waals surface area contributed by atoms with E-state index in [0.717, 1.165) is 31.4 Å². The third kappa shape index (κ3) is 3.04. The first-order chi connectivity index (χ1) is 10.1. The van der Waals surface area contributed by atoms with Crippen LogP contribution in [-0.2, 0) is 4.79 Å². The minimum atomic E-state index is -0.765. The van der Waals surface area contributed by atoms with Gasteiger partial charge in [-0.05, 0) is 38.3 Å². The molecule has 0 amide bonds. The smallest absolute Gasteiger partial charge is 0.321 e. The Kier molecular flexibility index (Phi) is 4.13. The van der Waals surface area contributed by atoms with Gasteiger partial charge in [0.25, 0.3) is 0 Å². The molecule has 1 aliphatic heterocycles. The number of hydrogen-bond donors (Lipinski definition) is 2. The molecule has 3 rings (SSSR count). The van der Waals surface area contributed by atoms with E-state index in [0.29, 0.717) is 5.75 Å². The summed E-state index contributed by atoms with van der Waals surface area (Å²) < 4.78 is 6.20. The van der Waals surface area contributed by atoms with Gasteiger partial charge in [0.2, 0.25) is 0 Å². The molecule has 1 saturated carbocycles. The highest BCUT2D eigenvalue weighted by Gasteiger charge is 2.49. The fourth-order valence-corrected chi connectivity index (χ4v) is 4.68. The number of aryl methyl sites for hydroxylation is 1. The number of nitrogens with one attached hydrogen (secondary N) is 1. The number of carboxylic acid groups (broad SMARTS) is 1. The topological polar surface area (TPSA) is 58.6 Å². The molecule has 114 valence electrons. The lowest BCUT2D eigenvalue weighted by Gasteiger charge is -2.40.